The van der Waals surface area contributed by atoms with Crippen LogP contribution in [0.15, 0.2) is 132 Å². The van der Waals surface area contributed by atoms with Gasteiger partial charge >= 0.3 is 5.97 Å². The van der Waals surface area contributed by atoms with Crippen LogP contribution in [0.3, 0.4) is 0 Å². The number of amides is 1. The van der Waals surface area contributed by atoms with Crippen LogP contribution in [0.1, 0.15) is 56.4 Å². The molecule has 3 heterocycles. The fourth-order valence-electron chi connectivity index (χ4n) is 7.07. The van der Waals surface area contributed by atoms with Gasteiger partial charge in [-0.2, -0.15) is 18.8 Å². The van der Waals surface area contributed by atoms with Gasteiger partial charge in [0.05, 0.1) is 28.4 Å². The number of sulfonamides is 2. The van der Waals surface area contributed by atoms with Crippen molar-refractivity contribution in [2.24, 2.45) is 0 Å². The smallest absolute Gasteiger partial charge is 0.331 e. The van der Waals surface area contributed by atoms with E-state index in [1.165, 1.54) is 45.5 Å². The van der Waals surface area contributed by atoms with Crippen LogP contribution in [-0.4, -0.2) is 108 Å². The highest BCUT2D eigenvalue weighted by molar-refractivity contribution is 7.89. The van der Waals surface area contributed by atoms with E-state index in [2.05, 4.69) is 10.2 Å². The first kappa shape index (κ1) is 51.6. The van der Waals surface area contributed by atoms with Crippen molar-refractivity contribution in [2.45, 2.75) is 81.4 Å². The van der Waals surface area contributed by atoms with Crippen molar-refractivity contribution in [3.8, 4) is 23.0 Å². The molecule has 0 atom stereocenters. The highest BCUT2D eigenvalue weighted by Gasteiger charge is 2.38. The molecule has 2 aromatic heterocycles. The average Bonchev–Trinajstić information content (AvgIpc) is 4.06. The number of nitrogens with zero attached hydrogens (tertiary/aromatic N) is 7. The van der Waals surface area contributed by atoms with E-state index in [4.69, 9.17) is 18.9 Å². The number of benzene rings is 4. The molecule has 69 heavy (non-hydrogen) atoms. The lowest BCUT2D eigenvalue weighted by atomic mass is 10.0. The average molecular weight is 986 g/mol. The molecule has 1 aliphatic rings. The lowest BCUT2D eigenvalue weighted by Gasteiger charge is -2.37. The molecule has 0 aliphatic carbocycles. The molecule has 6 aromatic rings. The summed E-state index contributed by atoms with van der Waals surface area (Å²) >= 11 is 0. The Bertz CT molecular complexity index is 2800. The first-order valence-corrected chi connectivity index (χ1v) is 24.8. The van der Waals surface area contributed by atoms with Gasteiger partial charge in [-0.25, -0.2) is 21.6 Å². The van der Waals surface area contributed by atoms with Crippen molar-refractivity contribution in [3.63, 3.8) is 0 Å². The van der Waals surface area contributed by atoms with E-state index in [0.717, 1.165) is 33.4 Å². The van der Waals surface area contributed by atoms with Crippen LogP contribution < -0.4 is 18.9 Å². The van der Waals surface area contributed by atoms with Crippen LogP contribution in [0.5, 0.6) is 23.0 Å². The highest BCUT2D eigenvalue weighted by atomic mass is 32.2. The Hall–Kier alpha value is -6.74. The van der Waals surface area contributed by atoms with Gasteiger partial charge in [0.25, 0.3) is 20.0 Å². The van der Waals surface area contributed by atoms with Gasteiger partial charge in [0.15, 0.2) is 15.6 Å². The van der Waals surface area contributed by atoms with Gasteiger partial charge in [-0.15, -0.1) is 0 Å². The van der Waals surface area contributed by atoms with E-state index in [0.29, 0.717) is 36.1 Å². The van der Waals surface area contributed by atoms with Crippen LogP contribution in [0.25, 0.3) is 0 Å². The van der Waals surface area contributed by atoms with Gasteiger partial charge in [0.1, 0.15) is 28.5 Å². The molecule has 1 aliphatic heterocycles. The number of hydrogen-bond donors (Lipinski definition) is 1. The number of carboxylic acids is 1. The summed E-state index contributed by atoms with van der Waals surface area (Å²) in [5.74, 6) is 1.51. The third-order valence-corrected chi connectivity index (χ3v) is 15.1. The van der Waals surface area contributed by atoms with E-state index in [9.17, 15) is 31.5 Å². The Balaban J connectivity index is 0.000000228. The van der Waals surface area contributed by atoms with Gasteiger partial charge < -0.3 is 29.0 Å². The number of carboxylic acid groups (broad SMARTS) is 1. The zero-order valence-electron chi connectivity index (χ0n) is 40.0. The topological polar surface area (TPSA) is 205 Å². The summed E-state index contributed by atoms with van der Waals surface area (Å²) in [5.41, 5.74) is 0.743. The number of ether oxygens (including phenoxy) is 4. The number of methoxy groups -OCH3 is 4. The molecule has 1 amide bonds. The molecular weight excluding hydrogens is 927 g/mol. The molecular formula is C49H59N7O11S2. The molecule has 4 aromatic carbocycles. The number of carbonyl (C=O) groups excluding carboxylic acids is 1. The molecule has 0 unspecified atom stereocenters. The fraction of sp³-hybridized carbons (Fsp3) is 0.347. The predicted molar refractivity (Wildman–Crippen MR) is 257 cm³/mol. The second-order valence-corrected chi connectivity index (χ2v) is 21.0. The van der Waals surface area contributed by atoms with Crippen molar-refractivity contribution >= 4 is 31.9 Å². The maximum absolute atomic E-state index is 13.8. The van der Waals surface area contributed by atoms with E-state index in [-0.39, 0.29) is 42.1 Å². The summed E-state index contributed by atoms with van der Waals surface area (Å²) in [4.78, 5) is 26.2. The van der Waals surface area contributed by atoms with Crippen molar-refractivity contribution in [2.75, 3.05) is 41.5 Å². The zero-order valence-corrected chi connectivity index (χ0v) is 41.6. The van der Waals surface area contributed by atoms with Crippen molar-refractivity contribution in [1.29, 1.82) is 0 Å². The molecule has 368 valence electrons. The van der Waals surface area contributed by atoms with Crippen molar-refractivity contribution < 1.29 is 50.5 Å². The summed E-state index contributed by atoms with van der Waals surface area (Å²) in [6.45, 7) is 8.30. The highest BCUT2D eigenvalue weighted by Crippen LogP contribution is 2.28. The lowest BCUT2D eigenvalue weighted by molar-refractivity contribution is -0.146. The first-order chi connectivity index (χ1) is 32.7. The van der Waals surface area contributed by atoms with E-state index >= 15 is 0 Å². The molecule has 0 bridgehead atoms. The minimum absolute atomic E-state index is 0.0749. The first-order valence-electron chi connectivity index (χ1n) is 21.9. The van der Waals surface area contributed by atoms with Gasteiger partial charge in [-0.1, -0.05) is 48.5 Å². The monoisotopic (exact) mass is 985 g/mol. The number of rotatable bonds is 20. The molecule has 0 spiro atoms. The third-order valence-electron chi connectivity index (χ3n) is 11.7. The van der Waals surface area contributed by atoms with E-state index in [1.807, 2.05) is 24.3 Å². The Labute approximate surface area is 403 Å². The Kier molecular flexibility index (Phi) is 16.2. The van der Waals surface area contributed by atoms with Gasteiger partial charge in [-0.05, 0) is 117 Å². The lowest BCUT2D eigenvalue weighted by Crippen LogP contribution is -2.52. The number of aliphatic carboxylic acids is 1. The van der Waals surface area contributed by atoms with Crippen LogP contribution in [0.2, 0.25) is 0 Å². The minimum atomic E-state index is -4.05. The Morgan fingerprint density at radius 1 is 0.522 bits per heavy atom. The van der Waals surface area contributed by atoms with Crippen molar-refractivity contribution in [3.05, 3.63) is 144 Å². The molecule has 0 radical (unpaired) electrons. The fourth-order valence-corrected chi connectivity index (χ4v) is 9.72. The number of hydrogen-bond acceptors (Lipinski definition) is 12. The second kappa shape index (κ2) is 21.7. The number of likely N-dealkylation sites (tertiary alicyclic amines) is 1. The van der Waals surface area contributed by atoms with Crippen molar-refractivity contribution in [1.82, 2.24) is 33.1 Å². The van der Waals surface area contributed by atoms with Crippen LogP contribution >= 0.6 is 0 Å². The SMILES string of the molecule is COc1ccc(CN(Cc2ccc(OC)cc2)S(=O)(=O)c2ccn(C(C)(C)C(=O)N3CCC3)n2)cc1.COc1ccc(CN(Cc2ccc(OC)cc2)S(=O)(=O)c2ccn(C(C)(C)C(=O)O)n2)cc1. The minimum Gasteiger partial charge on any atom is -0.497 e. The number of aromatic nitrogens is 4. The predicted octanol–water partition coefficient (Wildman–Crippen LogP) is 6.37. The zero-order chi connectivity index (χ0) is 50.1. The van der Waals surface area contributed by atoms with E-state index in [1.54, 1.807) is 126 Å². The normalized spacial score (nSPS) is 13.0. The second-order valence-electron chi connectivity index (χ2n) is 17.2. The summed E-state index contributed by atoms with van der Waals surface area (Å²) in [6.07, 6.45) is 3.90. The van der Waals surface area contributed by atoms with Crippen LogP contribution in [0, 0.1) is 0 Å². The van der Waals surface area contributed by atoms with Crippen LogP contribution in [-0.2, 0) is 66.9 Å². The maximum atomic E-state index is 13.8. The summed E-state index contributed by atoms with van der Waals surface area (Å²) in [6, 6.07) is 31.5. The molecule has 1 N–H and O–H groups in total. The summed E-state index contributed by atoms with van der Waals surface area (Å²) < 4.78 is 80.8. The molecule has 1 saturated heterocycles. The largest absolute Gasteiger partial charge is 0.497 e. The molecule has 7 rings (SSSR count). The Morgan fingerprint density at radius 2 is 0.812 bits per heavy atom. The molecule has 20 heteroatoms. The standard InChI is InChI=1S/C26H32N4O5S.C23H27N3O6S/c1-26(2,25(31)28-15-5-16-28)30-17-14-24(27-30)36(32,33)29(18-20-6-10-22(34-3)11-7-20)19-21-8-12-23(35-4)13-9-21;1-23(2,22(27)28)26-14-13-21(24-26)33(29,30)25(15-17-5-9-19(31-3)10-6-17)16-18-7-11-20(32-4)12-8-18/h6-14,17H,5,15-16,18-19H2,1-4H3;5-14H,15-16H2,1-4H3,(H,27,28). The summed E-state index contributed by atoms with van der Waals surface area (Å²) in [7, 11) is -1.75. The maximum Gasteiger partial charge on any atom is 0.331 e. The quantitative estimate of drug-likeness (QED) is 0.0885. The van der Waals surface area contributed by atoms with Gasteiger partial charge in [0.2, 0.25) is 5.91 Å². The molecule has 18 nitrogen and oxygen atoms in total. The Morgan fingerprint density at radius 3 is 1.06 bits per heavy atom. The van der Waals surface area contributed by atoms with Gasteiger partial charge in [0, 0.05) is 51.7 Å². The van der Waals surface area contributed by atoms with E-state index < -0.39 is 37.1 Å². The number of carbonyl (C=O) groups is 2. The molecule has 1 fully saturated rings. The van der Waals surface area contributed by atoms with Crippen LogP contribution in [0.4, 0.5) is 0 Å². The molecule has 0 saturated carbocycles. The van der Waals surface area contributed by atoms with Gasteiger partial charge in [-0.3, -0.25) is 14.2 Å². The third kappa shape index (κ3) is 12.1. The summed E-state index contributed by atoms with van der Waals surface area (Å²) in [5, 5.41) is 17.6.